The van der Waals surface area contributed by atoms with E-state index in [0.717, 1.165) is 32.7 Å². The molecule has 1 saturated heterocycles. The molecule has 1 heterocycles. The minimum atomic E-state index is -0.170. The lowest BCUT2D eigenvalue weighted by Crippen LogP contribution is -2.46. The minimum absolute atomic E-state index is 0.170. The molecule has 1 aromatic carbocycles. The number of hydrogen-bond donors (Lipinski definition) is 2. The van der Waals surface area contributed by atoms with Crippen LogP contribution in [0.4, 0.5) is 5.69 Å². The molecule has 0 aliphatic carbocycles. The molecule has 0 atom stereocenters. The molecule has 0 spiro atoms. The number of nitrogens with two attached hydrogens (primary N) is 1. The van der Waals surface area contributed by atoms with Gasteiger partial charge in [-0.25, -0.2) is 0 Å². The number of nitrogens with zero attached hydrogens (tertiary/aromatic N) is 2. The molecule has 3 N–H and O–H groups in total. The second-order valence-corrected chi connectivity index (χ2v) is 5.49. The summed E-state index contributed by atoms with van der Waals surface area (Å²) in [4.78, 5) is 16.7. The zero-order valence-electron chi connectivity index (χ0n) is 11.7. The van der Waals surface area contributed by atoms with E-state index >= 15 is 0 Å². The fraction of sp³-hybridized carbons (Fsp3) is 0.500. The summed E-state index contributed by atoms with van der Waals surface area (Å²) in [6, 6.07) is 5.10. The second-order valence-electron chi connectivity index (χ2n) is 5.11. The number of nitrogens with one attached hydrogen (secondary N) is 1. The summed E-state index contributed by atoms with van der Waals surface area (Å²) in [5, 5.41) is 3.22. The van der Waals surface area contributed by atoms with Gasteiger partial charge < -0.3 is 16.0 Å². The van der Waals surface area contributed by atoms with Crippen molar-refractivity contribution in [2.24, 2.45) is 0 Å². The van der Waals surface area contributed by atoms with Gasteiger partial charge in [0.1, 0.15) is 0 Å². The Hall–Kier alpha value is -1.30. The molecule has 1 aliphatic heterocycles. The highest BCUT2D eigenvalue weighted by atomic mass is 35.5. The van der Waals surface area contributed by atoms with E-state index in [9.17, 15) is 4.79 Å². The second kappa shape index (κ2) is 6.92. The Morgan fingerprint density at radius 2 is 2.05 bits per heavy atom. The number of benzene rings is 1. The Kier molecular flexibility index (Phi) is 5.23. The van der Waals surface area contributed by atoms with Gasteiger partial charge in [0.15, 0.2) is 0 Å². The van der Waals surface area contributed by atoms with Crippen LogP contribution < -0.4 is 11.1 Å². The van der Waals surface area contributed by atoms with Crippen LogP contribution in [0.25, 0.3) is 0 Å². The maximum atomic E-state index is 12.0. The first-order chi connectivity index (χ1) is 9.58. The Bertz CT molecular complexity index is 472. The number of nitrogen functional groups attached to an aromatic ring is 1. The van der Waals surface area contributed by atoms with Gasteiger partial charge in [0.05, 0.1) is 16.3 Å². The predicted molar refractivity (Wildman–Crippen MR) is 82.1 cm³/mol. The molecule has 1 fully saturated rings. The normalized spacial score (nSPS) is 17.1. The number of hydrogen-bond acceptors (Lipinski definition) is 4. The van der Waals surface area contributed by atoms with Crippen molar-refractivity contribution in [3.8, 4) is 0 Å². The van der Waals surface area contributed by atoms with Crippen molar-refractivity contribution >= 4 is 23.2 Å². The Labute approximate surface area is 124 Å². The Balaban J connectivity index is 1.79. The van der Waals surface area contributed by atoms with Crippen molar-refractivity contribution in [1.82, 2.24) is 15.1 Å². The topological polar surface area (TPSA) is 61.6 Å². The highest BCUT2D eigenvalue weighted by molar-refractivity contribution is 6.36. The van der Waals surface area contributed by atoms with Gasteiger partial charge in [-0.15, -0.1) is 0 Å². The number of anilines is 1. The third-order valence-corrected chi connectivity index (χ3v) is 4.00. The number of amides is 1. The van der Waals surface area contributed by atoms with Crippen LogP contribution in [-0.4, -0.2) is 62.0 Å². The van der Waals surface area contributed by atoms with Gasteiger partial charge in [-0.1, -0.05) is 17.7 Å². The summed E-state index contributed by atoms with van der Waals surface area (Å²) in [7, 11) is 2.13. The highest BCUT2D eigenvalue weighted by Crippen LogP contribution is 2.22. The molecule has 0 saturated carbocycles. The van der Waals surface area contributed by atoms with Gasteiger partial charge in [0, 0.05) is 39.3 Å². The maximum absolute atomic E-state index is 12.0. The summed E-state index contributed by atoms with van der Waals surface area (Å²) in [6.45, 7) is 5.73. The van der Waals surface area contributed by atoms with Crippen molar-refractivity contribution in [2.45, 2.75) is 0 Å². The van der Waals surface area contributed by atoms with Crippen LogP contribution in [0.15, 0.2) is 18.2 Å². The first-order valence-electron chi connectivity index (χ1n) is 6.81. The standard InChI is InChI=1S/C14H21ClN4O/c1-18-7-9-19(10-8-18)6-5-17-14(20)11-3-2-4-12(16)13(11)15/h2-4H,5-10,16H2,1H3,(H,17,20). The molecule has 110 valence electrons. The largest absolute Gasteiger partial charge is 0.398 e. The lowest BCUT2D eigenvalue weighted by molar-refractivity contribution is 0.0941. The zero-order chi connectivity index (χ0) is 14.5. The van der Waals surface area contributed by atoms with E-state index in [-0.39, 0.29) is 5.91 Å². The molecule has 0 unspecified atom stereocenters. The monoisotopic (exact) mass is 296 g/mol. The third-order valence-electron chi connectivity index (χ3n) is 3.58. The number of piperazine rings is 1. The summed E-state index contributed by atoms with van der Waals surface area (Å²) in [5.41, 5.74) is 6.56. The molecule has 0 bridgehead atoms. The highest BCUT2D eigenvalue weighted by Gasteiger charge is 2.15. The van der Waals surface area contributed by atoms with Crippen LogP contribution in [0, 0.1) is 0 Å². The van der Waals surface area contributed by atoms with Crippen molar-refractivity contribution in [1.29, 1.82) is 0 Å². The molecule has 1 aromatic rings. The van der Waals surface area contributed by atoms with Gasteiger partial charge in [0.25, 0.3) is 5.91 Å². The predicted octanol–water partition coefficient (Wildman–Crippen LogP) is 0.899. The fourth-order valence-corrected chi connectivity index (χ4v) is 2.43. The van der Waals surface area contributed by atoms with Crippen LogP contribution in [0.3, 0.4) is 0 Å². The van der Waals surface area contributed by atoms with E-state index in [2.05, 4.69) is 22.2 Å². The molecule has 2 rings (SSSR count). The first kappa shape index (κ1) is 15.1. The van der Waals surface area contributed by atoms with E-state index in [4.69, 9.17) is 17.3 Å². The molecule has 1 aliphatic rings. The SMILES string of the molecule is CN1CCN(CCNC(=O)c2cccc(N)c2Cl)CC1. The van der Waals surface area contributed by atoms with Crippen LogP contribution in [0.5, 0.6) is 0 Å². The van der Waals surface area contributed by atoms with Gasteiger partial charge in [0.2, 0.25) is 0 Å². The number of rotatable bonds is 4. The minimum Gasteiger partial charge on any atom is -0.398 e. The average molecular weight is 297 g/mol. The van der Waals surface area contributed by atoms with Gasteiger partial charge >= 0.3 is 0 Å². The lowest BCUT2D eigenvalue weighted by atomic mass is 10.2. The third kappa shape index (κ3) is 3.85. The lowest BCUT2D eigenvalue weighted by Gasteiger charge is -2.32. The van der Waals surface area contributed by atoms with Crippen molar-refractivity contribution in [3.63, 3.8) is 0 Å². The number of likely N-dealkylation sites (N-methyl/N-ethyl adjacent to an activating group) is 1. The van der Waals surface area contributed by atoms with Crippen molar-refractivity contribution in [2.75, 3.05) is 52.0 Å². The number of halogens is 1. The average Bonchev–Trinajstić information content (AvgIpc) is 2.44. The van der Waals surface area contributed by atoms with Crippen molar-refractivity contribution in [3.05, 3.63) is 28.8 Å². The quantitative estimate of drug-likeness (QED) is 0.811. The molecule has 0 radical (unpaired) electrons. The molecular weight excluding hydrogens is 276 g/mol. The van der Waals surface area contributed by atoms with Crippen LogP contribution >= 0.6 is 11.6 Å². The molecule has 0 aromatic heterocycles. The van der Waals surface area contributed by atoms with E-state index in [0.29, 0.717) is 22.8 Å². The van der Waals surface area contributed by atoms with E-state index in [1.807, 2.05) is 0 Å². The van der Waals surface area contributed by atoms with Gasteiger partial charge in [-0.05, 0) is 19.2 Å². The smallest absolute Gasteiger partial charge is 0.252 e. The molecule has 5 nitrogen and oxygen atoms in total. The number of carbonyl (C=O) groups excluding carboxylic acids is 1. The van der Waals surface area contributed by atoms with Crippen LogP contribution in [-0.2, 0) is 0 Å². The Morgan fingerprint density at radius 3 is 2.75 bits per heavy atom. The number of carbonyl (C=O) groups is 1. The summed E-state index contributed by atoms with van der Waals surface area (Å²) in [6.07, 6.45) is 0. The summed E-state index contributed by atoms with van der Waals surface area (Å²) >= 11 is 6.03. The van der Waals surface area contributed by atoms with Gasteiger partial charge in [-0.3, -0.25) is 9.69 Å². The van der Waals surface area contributed by atoms with Crippen LogP contribution in [0.1, 0.15) is 10.4 Å². The van der Waals surface area contributed by atoms with Gasteiger partial charge in [-0.2, -0.15) is 0 Å². The van der Waals surface area contributed by atoms with Crippen molar-refractivity contribution < 1.29 is 4.79 Å². The first-order valence-corrected chi connectivity index (χ1v) is 7.19. The Morgan fingerprint density at radius 1 is 1.35 bits per heavy atom. The summed E-state index contributed by atoms with van der Waals surface area (Å²) < 4.78 is 0. The molecule has 6 heteroatoms. The van der Waals surface area contributed by atoms with E-state index in [1.165, 1.54) is 0 Å². The zero-order valence-corrected chi connectivity index (χ0v) is 12.5. The van der Waals surface area contributed by atoms with E-state index in [1.54, 1.807) is 18.2 Å². The molecule has 1 amide bonds. The summed E-state index contributed by atoms with van der Waals surface area (Å²) in [5.74, 6) is -0.170. The maximum Gasteiger partial charge on any atom is 0.252 e. The molecular formula is C14H21ClN4O. The van der Waals surface area contributed by atoms with Crippen LogP contribution in [0.2, 0.25) is 5.02 Å². The molecule has 20 heavy (non-hydrogen) atoms. The van der Waals surface area contributed by atoms with E-state index < -0.39 is 0 Å². The fourth-order valence-electron chi connectivity index (χ4n) is 2.22.